The molecule has 144 valence electrons. The zero-order valence-electron chi connectivity index (χ0n) is 16.5. The van der Waals surface area contributed by atoms with Crippen LogP contribution in [0.4, 0.5) is 0 Å². The Kier molecular flexibility index (Phi) is 4.38. The number of hydrogen-bond donors (Lipinski definition) is 0. The minimum atomic E-state index is -0.561. The van der Waals surface area contributed by atoms with Gasteiger partial charge in [-0.3, -0.25) is 4.79 Å². The molecule has 2 aliphatic rings. The fourth-order valence-corrected chi connectivity index (χ4v) is 4.76. The highest BCUT2D eigenvalue weighted by Gasteiger charge is 2.57. The summed E-state index contributed by atoms with van der Waals surface area (Å²) in [6.07, 6.45) is 1.43. The first-order valence-corrected chi connectivity index (χ1v) is 10.2. The average Bonchev–Trinajstić information content (AvgIpc) is 3.24. The van der Waals surface area contributed by atoms with Crippen LogP contribution in [0.3, 0.4) is 0 Å². The number of amides is 1. The second-order valence-corrected chi connectivity index (χ2v) is 8.09. The van der Waals surface area contributed by atoms with E-state index in [1.54, 1.807) is 0 Å². The highest BCUT2D eigenvalue weighted by atomic mass is 16.5. The van der Waals surface area contributed by atoms with Gasteiger partial charge in [-0.25, -0.2) is 0 Å². The van der Waals surface area contributed by atoms with Crippen LogP contribution in [0.2, 0.25) is 0 Å². The Bertz CT molecular complexity index is 1000. The highest BCUT2D eigenvalue weighted by molar-refractivity contribution is 5.82. The van der Waals surface area contributed by atoms with Crippen molar-refractivity contribution in [2.24, 2.45) is 5.92 Å². The molecule has 0 N–H and O–H groups in total. The molecule has 0 bridgehead atoms. The summed E-state index contributed by atoms with van der Waals surface area (Å²) in [6.45, 7) is 2.53. The van der Waals surface area contributed by atoms with Gasteiger partial charge in [-0.2, -0.15) is 0 Å². The summed E-state index contributed by atoms with van der Waals surface area (Å²) in [4.78, 5) is 15.0. The Morgan fingerprint density at radius 3 is 2.52 bits per heavy atom. The van der Waals surface area contributed by atoms with Crippen molar-refractivity contribution in [1.82, 2.24) is 4.90 Å². The van der Waals surface area contributed by atoms with Crippen LogP contribution >= 0.6 is 0 Å². The molecule has 0 spiro atoms. The van der Waals surface area contributed by atoms with Gasteiger partial charge < -0.3 is 9.64 Å². The third-order valence-electron chi connectivity index (χ3n) is 6.15. The van der Waals surface area contributed by atoms with E-state index < -0.39 is 5.72 Å². The van der Waals surface area contributed by atoms with Gasteiger partial charge in [0.1, 0.15) is 5.72 Å². The van der Waals surface area contributed by atoms with Gasteiger partial charge in [-0.15, -0.1) is 0 Å². The zero-order chi connectivity index (χ0) is 19.8. The third kappa shape index (κ3) is 3.10. The van der Waals surface area contributed by atoms with Crippen LogP contribution in [0.15, 0.2) is 72.8 Å². The maximum atomic E-state index is 13.0. The molecule has 0 radical (unpaired) electrons. The molecule has 1 amide bonds. The molecule has 3 aromatic carbocycles. The first kappa shape index (κ1) is 18.0. The first-order valence-electron chi connectivity index (χ1n) is 10.2. The summed E-state index contributed by atoms with van der Waals surface area (Å²) in [5, 5.41) is 0. The molecule has 5 rings (SSSR count). The van der Waals surface area contributed by atoms with Crippen LogP contribution in [0.1, 0.15) is 30.5 Å². The third-order valence-corrected chi connectivity index (χ3v) is 6.15. The van der Waals surface area contributed by atoms with Crippen LogP contribution < -0.4 is 0 Å². The van der Waals surface area contributed by atoms with Gasteiger partial charge in [0.05, 0.1) is 12.6 Å². The van der Waals surface area contributed by atoms with Gasteiger partial charge in [0, 0.05) is 18.8 Å². The molecule has 2 fully saturated rings. The number of carbonyl (C=O) groups is 1. The standard InChI is InChI=1S/C26H23NO2/c1-19-16-26(17-20-12-14-22(15-13-20)21-8-4-2-5-9-21)27(25(19)28)24(18-29-26)23-10-6-3-7-11-23/h2,4-6,8-15,19,24H,16-18H2,1H3/t19-,24+,26-/m1/s1. The smallest absolute Gasteiger partial charge is 0.228 e. The largest absolute Gasteiger partial charge is 0.353 e. The summed E-state index contributed by atoms with van der Waals surface area (Å²) >= 11 is 0. The van der Waals surface area contributed by atoms with E-state index >= 15 is 0 Å². The molecule has 3 atom stereocenters. The monoisotopic (exact) mass is 381 g/mol. The molecule has 0 aromatic heterocycles. The van der Waals surface area contributed by atoms with Gasteiger partial charge in [-0.05, 0) is 40.5 Å². The van der Waals surface area contributed by atoms with Gasteiger partial charge in [0.2, 0.25) is 5.91 Å². The quantitative estimate of drug-likeness (QED) is 0.648. The molecule has 2 heterocycles. The van der Waals surface area contributed by atoms with Crippen molar-refractivity contribution in [1.29, 1.82) is 0 Å². The summed E-state index contributed by atoms with van der Waals surface area (Å²) in [5.74, 6) is 0.155. The second kappa shape index (κ2) is 7.06. The van der Waals surface area contributed by atoms with Crippen molar-refractivity contribution in [2.75, 3.05) is 6.61 Å². The number of carbonyl (C=O) groups excluding carboxylic acids is 1. The fourth-order valence-electron chi connectivity index (χ4n) is 4.76. The van der Waals surface area contributed by atoms with E-state index in [1.807, 2.05) is 36.1 Å². The van der Waals surface area contributed by atoms with E-state index in [-0.39, 0.29) is 17.9 Å². The lowest BCUT2D eigenvalue weighted by atomic mass is 9.95. The lowest BCUT2D eigenvalue weighted by Gasteiger charge is -2.33. The molecule has 2 aliphatic heterocycles. The lowest BCUT2D eigenvalue weighted by Crippen LogP contribution is -2.44. The van der Waals surface area contributed by atoms with Crippen LogP contribution in [-0.2, 0) is 16.0 Å². The Balaban J connectivity index is 1.43. The maximum Gasteiger partial charge on any atom is 0.228 e. The van der Waals surface area contributed by atoms with Crippen molar-refractivity contribution < 1.29 is 9.53 Å². The minimum Gasteiger partial charge on any atom is -0.353 e. The second-order valence-electron chi connectivity index (χ2n) is 8.09. The topological polar surface area (TPSA) is 29.5 Å². The minimum absolute atomic E-state index is 0.0272. The van der Waals surface area contributed by atoms with Gasteiger partial charge in [-0.1, -0.05) is 73.7 Å². The van der Waals surface area contributed by atoms with Crippen LogP contribution in [-0.4, -0.2) is 23.1 Å². The SMILES string of the molecule is C[C@@H]1C[C@]2(Cc3ccc(-c4ccccc4)cc3)OC[C@@H](c3cc#ccc3)N2C1=O. The normalized spacial score (nSPS) is 25.7. The van der Waals surface area contributed by atoms with Crippen LogP contribution in [0, 0.1) is 18.1 Å². The number of hydrogen-bond acceptors (Lipinski definition) is 2. The van der Waals surface area contributed by atoms with Crippen molar-refractivity contribution >= 4 is 5.91 Å². The molecule has 3 nitrogen and oxygen atoms in total. The van der Waals surface area contributed by atoms with E-state index in [9.17, 15) is 4.79 Å². The predicted molar refractivity (Wildman–Crippen MR) is 112 cm³/mol. The summed E-state index contributed by atoms with van der Waals surface area (Å²) in [7, 11) is 0. The van der Waals surface area contributed by atoms with Gasteiger partial charge in [0.25, 0.3) is 0 Å². The number of ether oxygens (including phenoxy) is 1. The molecule has 3 aromatic rings. The average molecular weight is 381 g/mol. The number of benzene rings is 2. The van der Waals surface area contributed by atoms with Crippen molar-refractivity contribution in [3.05, 3.63) is 96.1 Å². The Morgan fingerprint density at radius 2 is 1.79 bits per heavy atom. The molecule has 29 heavy (non-hydrogen) atoms. The molecule has 0 unspecified atom stereocenters. The van der Waals surface area contributed by atoms with Crippen molar-refractivity contribution in [3.8, 4) is 11.1 Å². The van der Waals surface area contributed by atoms with Crippen molar-refractivity contribution in [2.45, 2.75) is 31.5 Å². The molecule has 3 heteroatoms. The first-order chi connectivity index (χ1) is 14.2. The van der Waals surface area contributed by atoms with Crippen LogP contribution in [0.25, 0.3) is 11.1 Å². The van der Waals surface area contributed by atoms with Crippen LogP contribution in [0.5, 0.6) is 0 Å². The van der Waals surface area contributed by atoms with E-state index in [1.165, 1.54) is 16.7 Å². The summed E-state index contributed by atoms with van der Waals surface area (Å²) in [5.41, 5.74) is 4.09. The van der Waals surface area contributed by atoms with E-state index in [4.69, 9.17) is 4.74 Å². The lowest BCUT2D eigenvalue weighted by molar-refractivity contribution is -0.139. The Morgan fingerprint density at radius 1 is 1.03 bits per heavy atom. The number of rotatable bonds is 4. The highest BCUT2D eigenvalue weighted by Crippen LogP contribution is 2.48. The van der Waals surface area contributed by atoms with E-state index in [2.05, 4.69) is 60.7 Å². The van der Waals surface area contributed by atoms with Gasteiger partial charge in [0.15, 0.2) is 0 Å². The number of nitrogens with zero attached hydrogens (tertiary/aromatic N) is 1. The molecule has 2 saturated heterocycles. The van der Waals surface area contributed by atoms with E-state index in [0.29, 0.717) is 13.0 Å². The van der Waals surface area contributed by atoms with E-state index in [0.717, 1.165) is 12.0 Å². The Hall–Kier alpha value is -3.09. The fraction of sp³-hybridized carbons (Fsp3) is 0.269. The summed E-state index contributed by atoms with van der Waals surface area (Å²) < 4.78 is 6.37. The molecular formula is C26H23NO2. The predicted octanol–water partition coefficient (Wildman–Crippen LogP) is 4.83. The number of fused-ring (bicyclic) bond motifs is 1. The molecule has 0 aliphatic carbocycles. The molecule has 0 saturated carbocycles. The molecular weight excluding hydrogens is 358 g/mol. The van der Waals surface area contributed by atoms with Crippen molar-refractivity contribution in [3.63, 3.8) is 0 Å². The maximum absolute atomic E-state index is 13.0. The Labute approximate surface area is 171 Å². The van der Waals surface area contributed by atoms with Gasteiger partial charge >= 0.3 is 0 Å². The zero-order valence-corrected chi connectivity index (χ0v) is 16.5. The summed E-state index contributed by atoms with van der Waals surface area (Å²) in [6, 6.07) is 30.6.